The van der Waals surface area contributed by atoms with Crippen molar-refractivity contribution in [3.63, 3.8) is 0 Å². The smallest absolute Gasteiger partial charge is 0.238 e. The van der Waals surface area contributed by atoms with Crippen molar-refractivity contribution >= 4 is 33.2 Å². The Balaban J connectivity index is 1.07. The molecule has 0 saturated carbocycles. The molecule has 68 heavy (non-hydrogen) atoms. The highest BCUT2D eigenvalue weighted by Gasteiger charge is 2.41. The van der Waals surface area contributed by atoms with Gasteiger partial charge in [0.25, 0.3) is 0 Å². The van der Waals surface area contributed by atoms with E-state index in [1.165, 1.54) is 33.4 Å². The minimum absolute atomic E-state index is 0.0199. The van der Waals surface area contributed by atoms with E-state index in [1.54, 1.807) is 0 Å². The molecule has 3 heterocycles. The van der Waals surface area contributed by atoms with Crippen molar-refractivity contribution in [1.29, 1.82) is 0 Å². The van der Waals surface area contributed by atoms with Gasteiger partial charge >= 0.3 is 0 Å². The second-order valence-corrected chi connectivity index (χ2v) is 17.5. The zero-order chi connectivity index (χ0) is 45.0. The topological polar surface area (TPSA) is 46.8 Å². The van der Waals surface area contributed by atoms with Crippen LogP contribution in [0.25, 0.3) is 95.0 Å². The molecule has 9 aromatic carbocycles. The molecular weight excluding hydrogens is 827 g/mol. The molecule has 0 radical (unpaired) electrons. The SMILES string of the molecule is C1=CC2c3ccc4c5ccccc5n(-c5nc(-c6ccccc6)nc(-c6cccc(-c7ccccc7)c6)n5)c4c3N(c3ccccc3-c3ccc(-c4ccccc4)cc3-c3ccccc3)C2C=C1. The van der Waals surface area contributed by atoms with Crippen LogP contribution in [0.1, 0.15) is 11.5 Å². The van der Waals surface area contributed by atoms with Gasteiger partial charge in [0.1, 0.15) is 0 Å². The van der Waals surface area contributed by atoms with Crippen LogP contribution >= 0.6 is 0 Å². The van der Waals surface area contributed by atoms with Crippen molar-refractivity contribution in [2.24, 2.45) is 0 Å². The summed E-state index contributed by atoms with van der Waals surface area (Å²) in [6, 6.07) is 79.9. The summed E-state index contributed by atoms with van der Waals surface area (Å²) < 4.78 is 2.30. The van der Waals surface area contributed by atoms with Crippen LogP contribution in [0.3, 0.4) is 0 Å². The summed E-state index contributed by atoms with van der Waals surface area (Å²) in [5, 5.41) is 2.27. The second kappa shape index (κ2) is 16.5. The first-order valence-electron chi connectivity index (χ1n) is 23.3. The van der Waals surface area contributed by atoms with Crippen LogP contribution in [0.4, 0.5) is 11.4 Å². The van der Waals surface area contributed by atoms with E-state index in [2.05, 4.69) is 234 Å². The normalized spacial score (nSPS) is 14.9. The average Bonchev–Trinajstić information content (AvgIpc) is 3.95. The van der Waals surface area contributed by atoms with Crippen LogP contribution in [0, 0.1) is 0 Å². The van der Waals surface area contributed by atoms with Gasteiger partial charge in [-0.1, -0.05) is 224 Å². The van der Waals surface area contributed by atoms with Crippen molar-refractivity contribution < 1.29 is 0 Å². The number of aromatic nitrogens is 4. The summed E-state index contributed by atoms with van der Waals surface area (Å²) in [7, 11) is 0. The number of fused-ring (bicyclic) bond motifs is 7. The molecule has 0 bridgehead atoms. The number of para-hydroxylation sites is 2. The number of benzene rings is 9. The van der Waals surface area contributed by atoms with Gasteiger partial charge in [0.15, 0.2) is 11.6 Å². The Labute approximate surface area is 395 Å². The molecule has 1 aliphatic carbocycles. The van der Waals surface area contributed by atoms with Gasteiger partial charge in [0.2, 0.25) is 5.95 Å². The van der Waals surface area contributed by atoms with Gasteiger partial charge in [0, 0.05) is 39.1 Å². The minimum Gasteiger partial charge on any atom is -0.331 e. The van der Waals surface area contributed by atoms with Gasteiger partial charge in [-0.05, 0) is 68.8 Å². The predicted molar refractivity (Wildman–Crippen MR) is 280 cm³/mol. The molecule has 5 heteroatoms. The third-order valence-electron chi connectivity index (χ3n) is 13.6. The number of hydrogen-bond acceptors (Lipinski definition) is 4. The van der Waals surface area contributed by atoms with E-state index in [4.69, 9.17) is 15.0 Å². The lowest BCUT2D eigenvalue weighted by Crippen LogP contribution is -2.29. The molecule has 2 aromatic heterocycles. The average molecular weight is 870 g/mol. The lowest BCUT2D eigenvalue weighted by molar-refractivity contribution is 0.745. The maximum Gasteiger partial charge on any atom is 0.238 e. The monoisotopic (exact) mass is 869 g/mol. The van der Waals surface area contributed by atoms with E-state index in [9.17, 15) is 0 Å². The number of rotatable bonds is 8. The molecule has 5 nitrogen and oxygen atoms in total. The molecule has 0 amide bonds. The van der Waals surface area contributed by atoms with Crippen LogP contribution in [-0.4, -0.2) is 25.6 Å². The zero-order valence-corrected chi connectivity index (χ0v) is 37.1. The Bertz CT molecular complexity index is 3740. The fourth-order valence-corrected chi connectivity index (χ4v) is 10.5. The summed E-state index contributed by atoms with van der Waals surface area (Å²) in [5.41, 5.74) is 16.8. The van der Waals surface area contributed by atoms with Gasteiger partial charge in [-0.3, -0.25) is 4.57 Å². The molecule has 320 valence electrons. The summed E-state index contributed by atoms with van der Waals surface area (Å²) in [5.74, 6) is 1.90. The standard InChI is InChI=1S/C63H43N5/c1-5-20-42(21-6-1)46-28-19-29-48(40-46)62-64-61(45-26-11-4-12-27-45)65-63(66-62)68-58-35-18-15-32-52(58)54-39-38-53-51-31-14-17-34-57(51)67(59(53)60(54)68)56-33-16-13-30-50(56)49-37-36-47(43-22-7-2-8-23-43)41-55(49)44-24-9-3-10-25-44/h1-41,51,57H. The molecular formula is C63H43N5. The Kier molecular flexibility index (Phi) is 9.57. The van der Waals surface area contributed by atoms with Gasteiger partial charge in [-0.2, -0.15) is 9.97 Å². The lowest BCUT2D eigenvalue weighted by atomic mass is 9.89. The van der Waals surface area contributed by atoms with Gasteiger partial charge in [-0.15, -0.1) is 0 Å². The largest absolute Gasteiger partial charge is 0.331 e. The minimum atomic E-state index is 0.0199. The molecule has 0 spiro atoms. The summed E-state index contributed by atoms with van der Waals surface area (Å²) in [6.45, 7) is 0. The van der Waals surface area contributed by atoms with E-state index >= 15 is 0 Å². The van der Waals surface area contributed by atoms with Gasteiger partial charge < -0.3 is 4.90 Å². The van der Waals surface area contributed by atoms with Crippen LogP contribution in [-0.2, 0) is 0 Å². The second-order valence-electron chi connectivity index (χ2n) is 17.5. The van der Waals surface area contributed by atoms with E-state index in [1.807, 2.05) is 24.3 Å². The third-order valence-corrected chi connectivity index (χ3v) is 13.6. The summed E-state index contributed by atoms with van der Waals surface area (Å²) in [4.78, 5) is 18.7. The van der Waals surface area contributed by atoms with Crippen molar-refractivity contribution in [2.45, 2.75) is 12.0 Å². The Morgan fingerprint density at radius 1 is 0.368 bits per heavy atom. The zero-order valence-electron chi connectivity index (χ0n) is 37.1. The van der Waals surface area contributed by atoms with Crippen molar-refractivity contribution in [2.75, 3.05) is 4.90 Å². The van der Waals surface area contributed by atoms with Crippen LogP contribution in [0.2, 0.25) is 0 Å². The molecule has 11 aromatic rings. The molecule has 2 atom stereocenters. The maximum atomic E-state index is 5.46. The summed E-state index contributed by atoms with van der Waals surface area (Å²) in [6.07, 6.45) is 9.13. The molecule has 13 rings (SSSR count). The van der Waals surface area contributed by atoms with Crippen molar-refractivity contribution in [1.82, 2.24) is 19.5 Å². The Morgan fingerprint density at radius 3 is 1.71 bits per heavy atom. The number of hydrogen-bond donors (Lipinski definition) is 0. The molecule has 0 saturated heterocycles. The Morgan fingerprint density at radius 2 is 0.956 bits per heavy atom. The third kappa shape index (κ3) is 6.67. The van der Waals surface area contributed by atoms with Crippen molar-refractivity contribution in [3.05, 3.63) is 254 Å². The van der Waals surface area contributed by atoms with Crippen LogP contribution in [0.15, 0.2) is 249 Å². The highest BCUT2D eigenvalue weighted by atomic mass is 15.2. The molecule has 0 fully saturated rings. The van der Waals surface area contributed by atoms with Crippen LogP contribution < -0.4 is 4.90 Å². The highest BCUT2D eigenvalue weighted by molar-refractivity contribution is 6.15. The fourth-order valence-electron chi connectivity index (χ4n) is 10.5. The Hall–Kier alpha value is -8.93. The number of allylic oxidation sites excluding steroid dienone is 2. The lowest BCUT2D eigenvalue weighted by Gasteiger charge is -2.31. The number of nitrogens with zero attached hydrogens (tertiary/aromatic N) is 5. The molecule has 0 N–H and O–H groups in total. The predicted octanol–water partition coefficient (Wildman–Crippen LogP) is 15.7. The molecule has 2 unspecified atom stereocenters. The van der Waals surface area contributed by atoms with Crippen molar-refractivity contribution in [3.8, 4) is 73.2 Å². The fraction of sp³-hybridized carbons (Fsp3) is 0.0317. The number of anilines is 2. The first-order valence-corrected chi connectivity index (χ1v) is 23.3. The van der Waals surface area contributed by atoms with E-state index in [0.717, 1.165) is 61.0 Å². The summed E-state index contributed by atoms with van der Waals surface area (Å²) >= 11 is 0. The molecule has 1 aliphatic heterocycles. The first kappa shape index (κ1) is 39.4. The molecule has 2 aliphatic rings. The van der Waals surface area contributed by atoms with E-state index in [0.29, 0.717) is 17.6 Å². The van der Waals surface area contributed by atoms with E-state index < -0.39 is 0 Å². The maximum absolute atomic E-state index is 5.46. The highest BCUT2D eigenvalue weighted by Crippen LogP contribution is 2.55. The van der Waals surface area contributed by atoms with E-state index in [-0.39, 0.29) is 12.0 Å². The quantitative estimate of drug-likeness (QED) is 0.153. The van der Waals surface area contributed by atoms with Crippen LogP contribution in [0.5, 0.6) is 0 Å². The first-order chi connectivity index (χ1) is 33.7. The van der Waals surface area contributed by atoms with Gasteiger partial charge in [-0.25, -0.2) is 4.98 Å². The van der Waals surface area contributed by atoms with Gasteiger partial charge in [0.05, 0.1) is 22.8 Å².